The quantitative estimate of drug-likeness (QED) is 0.702. The van der Waals surface area contributed by atoms with Gasteiger partial charge in [0.15, 0.2) is 12.4 Å². The smallest absolute Gasteiger partial charge is 0.258 e. The zero-order chi connectivity index (χ0) is 17.5. The van der Waals surface area contributed by atoms with Crippen molar-refractivity contribution in [2.45, 2.75) is 45.6 Å². The summed E-state index contributed by atoms with van der Waals surface area (Å²) >= 11 is 5.84. The SMILES string of the molecule is CCC(CC)(NC(=O)COc1cccc(Cl)c1)C(=O)CC(C)=O. The molecule has 0 saturated carbocycles. The molecule has 0 fully saturated rings. The highest BCUT2D eigenvalue weighted by Gasteiger charge is 2.36. The lowest BCUT2D eigenvalue weighted by molar-refractivity contribution is -0.136. The number of carbonyl (C=O) groups is 3. The molecular weight excluding hydrogens is 318 g/mol. The highest BCUT2D eigenvalue weighted by Crippen LogP contribution is 2.20. The van der Waals surface area contributed by atoms with Gasteiger partial charge in [-0.25, -0.2) is 0 Å². The highest BCUT2D eigenvalue weighted by molar-refractivity contribution is 6.30. The van der Waals surface area contributed by atoms with Crippen LogP contribution in [0.15, 0.2) is 24.3 Å². The monoisotopic (exact) mass is 339 g/mol. The van der Waals surface area contributed by atoms with Crippen molar-refractivity contribution in [2.75, 3.05) is 6.61 Å². The molecule has 0 heterocycles. The van der Waals surface area contributed by atoms with Crippen LogP contribution in [0.5, 0.6) is 5.75 Å². The lowest BCUT2D eigenvalue weighted by Gasteiger charge is -2.31. The van der Waals surface area contributed by atoms with E-state index in [-0.39, 0.29) is 24.6 Å². The van der Waals surface area contributed by atoms with Crippen LogP contribution in [0.3, 0.4) is 0 Å². The van der Waals surface area contributed by atoms with Crippen molar-refractivity contribution in [2.24, 2.45) is 0 Å². The predicted octanol–water partition coefficient (Wildman–Crippen LogP) is 2.94. The van der Waals surface area contributed by atoms with Crippen molar-refractivity contribution in [3.05, 3.63) is 29.3 Å². The van der Waals surface area contributed by atoms with Crippen molar-refractivity contribution < 1.29 is 19.1 Å². The van der Waals surface area contributed by atoms with E-state index in [2.05, 4.69) is 5.32 Å². The van der Waals surface area contributed by atoms with E-state index < -0.39 is 11.4 Å². The zero-order valence-corrected chi connectivity index (χ0v) is 14.4. The third-order valence-electron chi connectivity index (χ3n) is 3.70. The lowest BCUT2D eigenvalue weighted by Crippen LogP contribution is -2.55. The molecule has 23 heavy (non-hydrogen) atoms. The standard InChI is InChI=1S/C17H22ClNO4/c1-4-17(5-2,15(21)9-12(3)20)19-16(22)11-23-14-8-6-7-13(18)10-14/h6-8,10H,4-5,9,11H2,1-3H3,(H,19,22). The molecule has 0 aliphatic heterocycles. The molecule has 0 unspecified atom stereocenters. The van der Waals surface area contributed by atoms with Crippen LogP contribution in [0.2, 0.25) is 5.02 Å². The second-order valence-corrected chi connectivity index (χ2v) is 5.82. The first-order valence-corrected chi connectivity index (χ1v) is 7.93. The Kier molecular flexibility index (Phi) is 7.23. The first kappa shape index (κ1) is 19.2. The van der Waals surface area contributed by atoms with E-state index in [4.69, 9.17) is 16.3 Å². The topological polar surface area (TPSA) is 72.5 Å². The van der Waals surface area contributed by atoms with Crippen molar-refractivity contribution >= 4 is 29.1 Å². The van der Waals surface area contributed by atoms with Crippen LogP contribution in [0.4, 0.5) is 0 Å². The number of hydrogen-bond acceptors (Lipinski definition) is 4. The molecule has 0 spiro atoms. The van der Waals surface area contributed by atoms with Gasteiger partial charge < -0.3 is 10.1 Å². The number of benzene rings is 1. The normalized spacial score (nSPS) is 11.0. The van der Waals surface area contributed by atoms with Crippen molar-refractivity contribution in [3.63, 3.8) is 0 Å². The Hall–Kier alpha value is -1.88. The minimum atomic E-state index is -1.03. The fourth-order valence-corrected chi connectivity index (χ4v) is 2.48. The number of carbonyl (C=O) groups excluding carboxylic acids is 3. The summed E-state index contributed by atoms with van der Waals surface area (Å²) in [5.74, 6) is -0.427. The average molecular weight is 340 g/mol. The van der Waals surface area contributed by atoms with Crippen molar-refractivity contribution in [3.8, 4) is 5.75 Å². The Morgan fingerprint density at radius 3 is 2.39 bits per heavy atom. The molecule has 0 aromatic heterocycles. The summed E-state index contributed by atoms with van der Waals surface area (Å²) in [5.41, 5.74) is -1.03. The zero-order valence-electron chi connectivity index (χ0n) is 13.6. The maximum Gasteiger partial charge on any atom is 0.258 e. The summed E-state index contributed by atoms with van der Waals surface area (Å²) in [6.45, 7) is 4.74. The number of Topliss-reactive ketones (excluding diaryl/α,β-unsaturated/α-hetero) is 2. The minimum absolute atomic E-state index is 0.183. The Balaban J connectivity index is 2.70. The predicted molar refractivity (Wildman–Crippen MR) is 88.7 cm³/mol. The van der Waals surface area contributed by atoms with Crippen LogP contribution in [0, 0.1) is 0 Å². The van der Waals surface area contributed by atoms with Crippen LogP contribution >= 0.6 is 11.6 Å². The van der Waals surface area contributed by atoms with Crippen LogP contribution in [-0.4, -0.2) is 29.6 Å². The first-order valence-electron chi connectivity index (χ1n) is 7.55. The molecule has 1 rings (SSSR count). The largest absolute Gasteiger partial charge is 0.484 e. The summed E-state index contributed by atoms with van der Waals surface area (Å²) in [7, 11) is 0. The van der Waals surface area contributed by atoms with E-state index in [0.717, 1.165) is 0 Å². The maximum absolute atomic E-state index is 12.3. The number of ether oxygens (including phenoxy) is 1. The molecule has 0 saturated heterocycles. The number of amides is 1. The van der Waals surface area contributed by atoms with Gasteiger partial charge in [0.2, 0.25) is 0 Å². The van der Waals surface area contributed by atoms with Gasteiger partial charge in [0.25, 0.3) is 5.91 Å². The number of rotatable bonds is 9. The maximum atomic E-state index is 12.3. The molecule has 0 aliphatic carbocycles. The van der Waals surface area contributed by atoms with Gasteiger partial charge in [-0.1, -0.05) is 31.5 Å². The Bertz CT molecular complexity index is 582. The van der Waals surface area contributed by atoms with Gasteiger partial charge in [0.05, 0.1) is 12.0 Å². The number of halogens is 1. The van der Waals surface area contributed by atoms with Gasteiger partial charge >= 0.3 is 0 Å². The van der Waals surface area contributed by atoms with Gasteiger partial charge in [0, 0.05) is 5.02 Å². The fraction of sp³-hybridized carbons (Fsp3) is 0.471. The van der Waals surface area contributed by atoms with Crippen LogP contribution < -0.4 is 10.1 Å². The number of nitrogens with one attached hydrogen (secondary N) is 1. The molecule has 6 heteroatoms. The molecule has 1 N–H and O–H groups in total. The van der Waals surface area contributed by atoms with Crippen molar-refractivity contribution in [1.29, 1.82) is 0 Å². The molecule has 0 atom stereocenters. The van der Waals surface area contributed by atoms with E-state index in [1.807, 2.05) is 0 Å². The van der Waals surface area contributed by atoms with Crippen molar-refractivity contribution in [1.82, 2.24) is 5.32 Å². The first-order chi connectivity index (χ1) is 10.8. The molecule has 0 bridgehead atoms. The second-order valence-electron chi connectivity index (χ2n) is 5.39. The molecule has 1 aromatic carbocycles. The van der Waals surface area contributed by atoms with E-state index in [9.17, 15) is 14.4 Å². The fourth-order valence-electron chi connectivity index (χ4n) is 2.29. The summed E-state index contributed by atoms with van der Waals surface area (Å²) in [6.07, 6.45) is 0.647. The molecule has 0 radical (unpaired) electrons. The van der Waals surface area contributed by atoms with Crippen LogP contribution in [0.25, 0.3) is 0 Å². The van der Waals surface area contributed by atoms with E-state index in [0.29, 0.717) is 23.6 Å². The Morgan fingerprint density at radius 2 is 1.87 bits per heavy atom. The van der Waals surface area contributed by atoms with Gasteiger partial charge in [-0.2, -0.15) is 0 Å². The van der Waals surface area contributed by atoms with Crippen LogP contribution in [-0.2, 0) is 14.4 Å². The van der Waals surface area contributed by atoms with Gasteiger partial charge in [-0.05, 0) is 38.0 Å². The van der Waals surface area contributed by atoms with Gasteiger partial charge in [-0.3, -0.25) is 14.4 Å². The van der Waals surface area contributed by atoms with Gasteiger partial charge in [0.1, 0.15) is 11.5 Å². The summed E-state index contributed by atoms with van der Waals surface area (Å²) in [6, 6.07) is 6.71. The second kappa shape index (κ2) is 8.67. The lowest BCUT2D eigenvalue weighted by atomic mass is 9.85. The van der Waals surface area contributed by atoms with E-state index in [1.165, 1.54) is 6.92 Å². The summed E-state index contributed by atoms with van der Waals surface area (Å²) in [5, 5.41) is 3.23. The Morgan fingerprint density at radius 1 is 1.22 bits per heavy atom. The molecule has 1 aromatic rings. The van der Waals surface area contributed by atoms with Gasteiger partial charge in [-0.15, -0.1) is 0 Å². The van der Waals surface area contributed by atoms with E-state index >= 15 is 0 Å². The highest BCUT2D eigenvalue weighted by atomic mass is 35.5. The third kappa shape index (κ3) is 5.67. The molecule has 0 aliphatic rings. The minimum Gasteiger partial charge on any atom is -0.484 e. The summed E-state index contributed by atoms with van der Waals surface area (Å²) < 4.78 is 5.37. The summed E-state index contributed by atoms with van der Waals surface area (Å²) in [4.78, 5) is 35.6. The average Bonchev–Trinajstić information content (AvgIpc) is 2.50. The molecule has 1 amide bonds. The number of ketones is 2. The molecule has 5 nitrogen and oxygen atoms in total. The van der Waals surface area contributed by atoms with E-state index in [1.54, 1.807) is 38.1 Å². The van der Waals surface area contributed by atoms with Crippen LogP contribution in [0.1, 0.15) is 40.0 Å². The molecule has 126 valence electrons. The molecular formula is C17H22ClNO4. The number of hydrogen-bond donors (Lipinski definition) is 1. The Labute approximate surface area is 141 Å². The third-order valence-corrected chi connectivity index (χ3v) is 3.93.